The van der Waals surface area contributed by atoms with E-state index in [9.17, 15) is 4.79 Å². The molecule has 0 unspecified atom stereocenters. The molecule has 10 heavy (non-hydrogen) atoms. The molecule has 0 rings (SSSR count). The quantitative estimate of drug-likeness (QED) is 0.347. The first-order valence-electron chi connectivity index (χ1n) is 3.12. The highest BCUT2D eigenvalue weighted by atomic mass is 16.3. The fourth-order valence-corrected chi connectivity index (χ4v) is 0.478. The van der Waals surface area contributed by atoms with Gasteiger partial charge in [-0.05, 0) is 0 Å². The number of hydrogen-bond acceptors (Lipinski definition) is 3. The Hall–Kier alpha value is -0.810. The maximum absolute atomic E-state index is 10.1. The predicted octanol–water partition coefficient (Wildman–Crippen LogP) is -1.76. The molecule has 0 fully saturated rings. The molecule has 0 aliphatic carbocycles. The van der Waals surface area contributed by atoms with Crippen LogP contribution in [0.5, 0.6) is 0 Å². The van der Waals surface area contributed by atoms with Crippen molar-refractivity contribution >= 4 is 6.03 Å². The van der Waals surface area contributed by atoms with Gasteiger partial charge < -0.3 is 21.5 Å². The van der Waals surface area contributed by atoms with Gasteiger partial charge in [-0.25, -0.2) is 4.79 Å². The summed E-state index contributed by atoms with van der Waals surface area (Å²) in [7, 11) is 0. The minimum atomic E-state index is -0.522. The van der Waals surface area contributed by atoms with E-state index in [0.717, 1.165) is 0 Å². The molecular weight excluding hydrogens is 134 g/mol. The van der Waals surface area contributed by atoms with Gasteiger partial charge in [0.1, 0.15) is 0 Å². The summed E-state index contributed by atoms with van der Waals surface area (Å²) >= 11 is 0. The van der Waals surface area contributed by atoms with Gasteiger partial charge in [-0.2, -0.15) is 0 Å². The van der Waals surface area contributed by atoms with Crippen LogP contribution in [0.3, 0.4) is 0 Å². The molecule has 0 saturated heterocycles. The Balaban J connectivity index is 2.84. The largest absolute Gasteiger partial charge is 0.395 e. The van der Waals surface area contributed by atoms with Crippen LogP contribution in [0.4, 0.5) is 4.79 Å². The molecule has 60 valence electrons. The number of carbonyl (C=O) groups is 1. The highest BCUT2D eigenvalue weighted by Gasteiger charge is 1.88. The average molecular weight is 147 g/mol. The number of nitrogens with one attached hydrogen (secondary N) is 2. The maximum atomic E-state index is 10.1. The van der Waals surface area contributed by atoms with Crippen molar-refractivity contribution in [1.82, 2.24) is 10.6 Å². The minimum absolute atomic E-state index is 0.108. The molecule has 5 N–H and O–H groups in total. The normalized spacial score (nSPS) is 9.30. The lowest BCUT2D eigenvalue weighted by atomic mass is 10.6. The van der Waals surface area contributed by atoms with Crippen LogP contribution in [0.15, 0.2) is 0 Å². The lowest BCUT2D eigenvalue weighted by molar-refractivity contribution is 0.248. The fraction of sp³-hybridized carbons (Fsp3) is 0.800. The van der Waals surface area contributed by atoms with Crippen molar-refractivity contribution in [3.63, 3.8) is 0 Å². The number of hydrogen-bond donors (Lipinski definition) is 4. The maximum Gasteiger partial charge on any atom is 0.312 e. The van der Waals surface area contributed by atoms with Gasteiger partial charge in [0, 0.05) is 19.6 Å². The molecule has 0 aliphatic heterocycles. The Morgan fingerprint density at radius 2 is 2.10 bits per heavy atom. The van der Waals surface area contributed by atoms with Gasteiger partial charge in [0.25, 0.3) is 0 Å². The van der Waals surface area contributed by atoms with Crippen molar-refractivity contribution < 1.29 is 9.90 Å². The third-order valence-electron chi connectivity index (χ3n) is 0.890. The molecule has 2 amide bonds. The number of urea groups is 1. The minimum Gasteiger partial charge on any atom is -0.395 e. The Kier molecular flexibility index (Phi) is 5.80. The van der Waals surface area contributed by atoms with E-state index < -0.39 is 6.03 Å². The molecule has 0 aromatic heterocycles. The summed E-state index contributed by atoms with van der Waals surface area (Å²) in [5, 5.41) is 13.6. The Labute approximate surface area is 59.6 Å². The van der Waals surface area contributed by atoms with Crippen molar-refractivity contribution in [2.24, 2.45) is 5.73 Å². The van der Waals surface area contributed by atoms with Crippen LogP contribution in [0.25, 0.3) is 0 Å². The summed E-state index contributed by atoms with van der Waals surface area (Å²) in [6.45, 7) is 1.77. The second kappa shape index (κ2) is 6.31. The monoisotopic (exact) mass is 147 g/mol. The van der Waals surface area contributed by atoms with Crippen LogP contribution >= 0.6 is 0 Å². The molecule has 0 aromatic carbocycles. The SMILES string of the molecule is NC(=O)NCCNCCO. The first kappa shape index (κ1) is 9.19. The van der Waals surface area contributed by atoms with Crippen molar-refractivity contribution in [2.75, 3.05) is 26.2 Å². The van der Waals surface area contributed by atoms with E-state index in [4.69, 9.17) is 10.8 Å². The van der Waals surface area contributed by atoms with Crippen LogP contribution in [-0.4, -0.2) is 37.4 Å². The standard InChI is InChI=1S/C5H13N3O2/c6-5(10)8-2-1-7-3-4-9/h7,9H,1-4H2,(H3,6,8,10). The zero-order valence-electron chi connectivity index (χ0n) is 5.76. The molecule has 0 aliphatic rings. The summed E-state index contributed by atoms with van der Waals surface area (Å²) < 4.78 is 0. The number of aliphatic hydroxyl groups excluding tert-OH is 1. The van der Waals surface area contributed by atoms with Crippen molar-refractivity contribution in [2.45, 2.75) is 0 Å². The van der Waals surface area contributed by atoms with E-state index in [2.05, 4.69) is 10.6 Å². The van der Waals surface area contributed by atoms with E-state index >= 15 is 0 Å². The summed E-state index contributed by atoms with van der Waals surface area (Å²) in [5.41, 5.74) is 4.78. The Bertz CT molecular complexity index is 96.9. The highest BCUT2D eigenvalue weighted by Crippen LogP contribution is 1.58. The highest BCUT2D eigenvalue weighted by molar-refractivity contribution is 5.71. The van der Waals surface area contributed by atoms with Gasteiger partial charge >= 0.3 is 6.03 Å². The smallest absolute Gasteiger partial charge is 0.312 e. The molecule has 5 heteroatoms. The number of rotatable bonds is 5. The third kappa shape index (κ3) is 7.19. The van der Waals surface area contributed by atoms with Crippen molar-refractivity contribution in [3.8, 4) is 0 Å². The van der Waals surface area contributed by atoms with Gasteiger partial charge in [0.05, 0.1) is 6.61 Å². The second-order valence-corrected chi connectivity index (χ2v) is 1.76. The van der Waals surface area contributed by atoms with E-state index in [0.29, 0.717) is 19.6 Å². The van der Waals surface area contributed by atoms with Crippen molar-refractivity contribution in [1.29, 1.82) is 0 Å². The number of amides is 2. The molecule has 0 radical (unpaired) electrons. The van der Waals surface area contributed by atoms with Crippen LogP contribution < -0.4 is 16.4 Å². The molecule has 0 heterocycles. The van der Waals surface area contributed by atoms with Crippen LogP contribution in [0.2, 0.25) is 0 Å². The number of nitrogens with two attached hydrogens (primary N) is 1. The number of primary amides is 1. The Morgan fingerprint density at radius 1 is 1.40 bits per heavy atom. The second-order valence-electron chi connectivity index (χ2n) is 1.76. The molecule has 0 spiro atoms. The first-order valence-corrected chi connectivity index (χ1v) is 3.12. The van der Waals surface area contributed by atoms with Gasteiger partial charge in [0.2, 0.25) is 0 Å². The van der Waals surface area contributed by atoms with Gasteiger partial charge in [0.15, 0.2) is 0 Å². The first-order chi connectivity index (χ1) is 4.77. The molecular formula is C5H13N3O2. The van der Waals surface area contributed by atoms with Crippen LogP contribution in [0, 0.1) is 0 Å². The summed E-state index contributed by atoms with van der Waals surface area (Å²) in [4.78, 5) is 10.1. The Morgan fingerprint density at radius 3 is 2.60 bits per heavy atom. The lowest BCUT2D eigenvalue weighted by Gasteiger charge is -2.01. The molecule has 5 nitrogen and oxygen atoms in total. The third-order valence-corrected chi connectivity index (χ3v) is 0.890. The number of carbonyl (C=O) groups excluding carboxylic acids is 1. The van der Waals surface area contributed by atoms with Gasteiger partial charge in [-0.3, -0.25) is 0 Å². The summed E-state index contributed by atoms with van der Waals surface area (Å²) in [6.07, 6.45) is 0. The topological polar surface area (TPSA) is 87.4 Å². The molecule has 0 bridgehead atoms. The zero-order valence-corrected chi connectivity index (χ0v) is 5.76. The van der Waals surface area contributed by atoms with E-state index in [-0.39, 0.29) is 6.61 Å². The number of aliphatic hydroxyl groups is 1. The van der Waals surface area contributed by atoms with E-state index in [1.165, 1.54) is 0 Å². The molecule has 0 atom stereocenters. The summed E-state index contributed by atoms with van der Waals surface area (Å²) in [5.74, 6) is 0. The zero-order chi connectivity index (χ0) is 7.82. The molecule has 0 saturated carbocycles. The van der Waals surface area contributed by atoms with E-state index in [1.54, 1.807) is 0 Å². The van der Waals surface area contributed by atoms with E-state index in [1.807, 2.05) is 0 Å². The fourth-order valence-electron chi connectivity index (χ4n) is 0.478. The average Bonchev–Trinajstić information content (AvgIpc) is 1.87. The van der Waals surface area contributed by atoms with Crippen LogP contribution in [-0.2, 0) is 0 Å². The van der Waals surface area contributed by atoms with Gasteiger partial charge in [-0.15, -0.1) is 0 Å². The summed E-state index contributed by atoms with van der Waals surface area (Å²) in [6, 6.07) is -0.522. The lowest BCUT2D eigenvalue weighted by Crippen LogP contribution is -2.35. The molecule has 0 aromatic rings. The van der Waals surface area contributed by atoms with Crippen molar-refractivity contribution in [3.05, 3.63) is 0 Å². The van der Waals surface area contributed by atoms with Gasteiger partial charge in [-0.1, -0.05) is 0 Å². The predicted molar refractivity (Wildman–Crippen MR) is 37.5 cm³/mol. The van der Waals surface area contributed by atoms with Crippen LogP contribution in [0.1, 0.15) is 0 Å².